The molecule has 0 spiro atoms. The molecule has 5 fully saturated rings. The summed E-state index contributed by atoms with van der Waals surface area (Å²) in [6.45, 7) is 9.64. The van der Waals surface area contributed by atoms with Crippen molar-refractivity contribution in [3.05, 3.63) is 23.6 Å². The van der Waals surface area contributed by atoms with Crippen LogP contribution in [0.25, 0.3) is 4.85 Å². The number of ketones is 1. The molecule has 17 nitrogen and oxygen atoms in total. The monoisotopic (exact) mass is 721 g/mol. The van der Waals surface area contributed by atoms with Gasteiger partial charge in [-0.25, -0.2) is 6.57 Å². The molecular formula is C35H47N9O8. The van der Waals surface area contributed by atoms with Gasteiger partial charge in [0.25, 0.3) is 11.8 Å². The molecule has 280 valence electrons. The summed E-state index contributed by atoms with van der Waals surface area (Å²) in [5, 5.41) is 38.2. The van der Waals surface area contributed by atoms with Crippen molar-refractivity contribution in [2.45, 2.75) is 107 Å². The molecule has 5 rings (SSSR count). The average molecular weight is 722 g/mol. The molecule has 4 heterocycles. The number of primary amides is 1. The number of nitriles is 3. The van der Waals surface area contributed by atoms with E-state index < -0.39 is 24.1 Å². The van der Waals surface area contributed by atoms with Gasteiger partial charge < -0.3 is 40.4 Å². The third-order valence-corrected chi connectivity index (χ3v) is 9.39. The van der Waals surface area contributed by atoms with Crippen molar-refractivity contribution in [2.24, 2.45) is 11.7 Å². The van der Waals surface area contributed by atoms with Crippen molar-refractivity contribution >= 4 is 35.7 Å². The summed E-state index contributed by atoms with van der Waals surface area (Å²) in [6.07, 6.45) is 10.3. The summed E-state index contributed by atoms with van der Waals surface area (Å²) >= 11 is 0. The molecular weight excluding hydrogens is 674 g/mol. The Morgan fingerprint density at radius 1 is 0.827 bits per heavy atom. The van der Waals surface area contributed by atoms with E-state index in [4.69, 9.17) is 33.2 Å². The van der Waals surface area contributed by atoms with Crippen molar-refractivity contribution in [1.82, 2.24) is 20.0 Å². The van der Waals surface area contributed by atoms with Crippen LogP contribution in [-0.2, 0) is 33.5 Å². The number of aldehydes is 1. The highest BCUT2D eigenvalue weighted by molar-refractivity contribution is 6.23. The molecule has 0 aromatic rings. The lowest BCUT2D eigenvalue weighted by Crippen LogP contribution is -2.42. The molecule has 0 aromatic heterocycles. The second-order valence-corrected chi connectivity index (χ2v) is 12.7. The zero-order valence-electron chi connectivity index (χ0n) is 29.4. The van der Waals surface area contributed by atoms with Gasteiger partial charge in [0.15, 0.2) is 5.78 Å². The zero-order chi connectivity index (χ0) is 38.6. The smallest absolute Gasteiger partial charge is 0.287 e. The fraction of sp³-hybridized carbons (Fsp3) is 0.657. The van der Waals surface area contributed by atoms with Crippen molar-refractivity contribution in [3.8, 4) is 18.2 Å². The quantitative estimate of drug-likeness (QED) is 0.104. The molecule has 4 aliphatic heterocycles. The highest BCUT2D eigenvalue weighted by Gasteiger charge is 2.37. The molecule has 4 amide bonds. The van der Waals surface area contributed by atoms with Crippen molar-refractivity contribution in [1.29, 1.82) is 15.8 Å². The Kier molecular flexibility index (Phi) is 18.7. The van der Waals surface area contributed by atoms with E-state index in [1.165, 1.54) is 34.0 Å². The second kappa shape index (κ2) is 22.6. The number of nitrogens with two attached hydrogens (primary N) is 1. The Labute approximate surface area is 303 Å². The number of hydrogen-bond acceptors (Lipinski definition) is 12. The van der Waals surface area contributed by atoms with Crippen LogP contribution < -0.4 is 11.1 Å². The van der Waals surface area contributed by atoms with Crippen LogP contribution in [0, 0.1) is 46.5 Å². The van der Waals surface area contributed by atoms with Crippen LogP contribution in [0.15, 0.2) is 12.2 Å². The molecule has 1 saturated carbocycles. The number of nitrogens with zero attached hydrogens (tertiary/aromatic N) is 7. The normalized spacial score (nSPS) is 26.5. The van der Waals surface area contributed by atoms with E-state index in [1.54, 1.807) is 0 Å². The number of hydrogen-bond donors (Lipinski definition) is 3. The van der Waals surface area contributed by atoms with E-state index in [-0.39, 0.29) is 54.0 Å². The average Bonchev–Trinajstić information content (AvgIpc) is 4.02. The Hall–Kier alpha value is -5.20. The first kappa shape index (κ1) is 43.0. The Balaban J connectivity index is 0.000000254. The number of allylic oxidation sites excluding steroid dienone is 1. The topological polar surface area (TPSA) is 255 Å². The number of likely N-dealkylation sites (tertiary alicyclic amines) is 3. The third-order valence-electron chi connectivity index (χ3n) is 9.39. The first-order valence-corrected chi connectivity index (χ1v) is 17.4. The largest absolute Gasteiger partial charge is 0.368 e. The molecule has 4 saturated heterocycles. The standard InChI is InChI=1S/C15H17N3O2.C8H12N2O3.C7H8N2O2.C5H10N2O/c1-17-13-6-2-5-12(13)14(19)7-8-15(20)18-9-3-4-11(18)10-16;1-13-8(12)7(11)10-4-2-3-6(10)5-9;8-4-6-2-1-3-9(6)7(11)5-10;6-5(8)4-2-1-3-7-4/h7-8,11-13H,2-6,9H2;6,8,12H,2-4H2,1H3;5-6H,1-3H2;4,7H,1-3H2,(H2,6,8)/b8-7+;;;/t11-,12?,13+;6-,8?;6-;4-/m0000/s1. The number of rotatable bonds is 7. The minimum absolute atomic E-state index is 0.0463. The third kappa shape index (κ3) is 12.5. The van der Waals surface area contributed by atoms with Gasteiger partial charge in [-0.2, -0.15) is 15.8 Å². The van der Waals surface area contributed by atoms with E-state index in [2.05, 4.69) is 21.0 Å². The summed E-state index contributed by atoms with van der Waals surface area (Å²) in [5.74, 6) is -1.99. The van der Waals surface area contributed by atoms with Gasteiger partial charge in [-0.3, -0.25) is 28.8 Å². The van der Waals surface area contributed by atoms with Crippen LogP contribution in [0.3, 0.4) is 0 Å². The SMILES string of the molecule is COC(O)C(=O)N1CCC[C@H]1C#N.N#C[C@@H]1CCCN1C(=O)C=O.NC(=O)[C@@H]1CCCN1.[C-]#[N+][C@@H]1CCCC1C(=O)/C=C/C(=O)N1CCC[C@H]1C#N. The van der Waals surface area contributed by atoms with Gasteiger partial charge in [-0.1, -0.05) is 0 Å². The second-order valence-electron chi connectivity index (χ2n) is 12.7. The molecule has 0 aromatic carbocycles. The fourth-order valence-electron chi connectivity index (χ4n) is 6.53. The Morgan fingerprint density at radius 2 is 1.37 bits per heavy atom. The van der Waals surface area contributed by atoms with Crippen LogP contribution in [0.4, 0.5) is 0 Å². The summed E-state index contributed by atoms with van der Waals surface area (Å²) in [4.78, 5) is 74.2. The number of carbonyl (C=O) groups is 6. The predicted octanol–water partition coefficient (Wildman–Crippen LogP) is 0.104. The molecule has 0 radical (unpaired) electrons. The molecule has 1 aliphatic carbocycles. The number of methoxy groups -OCH3 is 1. The number of nitrogens with one attached hydrogen (secondary N) is 1. The van der Waals surface area contributed by atoms with Gasteiger partial charge in [0.2, 0.25) is 30.4 Å². The molecule has 17 heteroatoms. The summed E-state index contributed by atoms with van der Waals surface area (Å²) < 4.78 is 4.47. The van der Waals surface area contributed by atoms with Crippen LogP contribution >= 0.6 is 0 Å². The number of amides is 4. The first-order valence-electron chi connectivity index (χ1n) is 17.4. The first-order chi connectivity index (χ1) is 25.0. The van der Waals surface area contributed by atoms with Crippen molar-refractivity contribution < 1.29 is 38.6 Å². The molecule has 2 unspecified atom stereocenters. The minimum atomic E-state index is -1.44. The Morgan fingerprint density at radius 3 is 1.81 bits per heavy atom. The maximum absolute atomic E-state index is 12.0. The van der Waals surface area contributed by atoms with E-state index in [9.17, 15) is 28.8 Å². The lowest BCUT2D eigenvalue weighted by molar-refractivity contribution is -0.164. The molecule has 5 aliphatic rings. The van der Waals surface area contributed by atoms with E-state index >= 15 is 0 Å². The number of aliphatic hydroxyl groups excluding tert-OH is 1. The van der Waals surface area contributed by atoms with Crippen LogP contribution in [0.1, 0.15) is 70.6 Å². The fourth-order valence-corrected chi connectivity index (χ4v) is 6.53. The zero-order valence-corrected chi connectivity index (χ0v) is 29.4. The van der Waals surface area contributed by atoms with Crippen LogP contribution in [-0.4, -0.2) is 125 Å². The van der Waals surface area contributed by atoms with E-state index in [0.29, 0.717) is 38.9 Å². The van der Waals surface area contributed by atoms with E-state index in [1.807, 2.05) is 12.1 Å². The maximum Gasteiger partial charge on any atom is 0.287 e. The lowest BCUT2D eigenvalue weighted by atomic mass is 9.98. The number of carbonyl (C=O) groups excluding carboxylic acids is 6. The molecule has 7 atom stereocenters. The van der Waals surface area contributed by atoms with Gasteiger partial charge in [0.05, 0.1) is 30.2 Å². The summed E-state index contributed by atoms with van der Waals surface area (Å²) in [5.41, 5.74) is 5.00. The highest BCUT2D eigenvalue weighted by atomic mass is 16.6. The lowest BCUT2D eigenvalue weighted by Gasteiger charge is -2.21. The van der Waals surface area contributed by atoms with Gasteiger partial charge in [-0.15, -0.1) is 0 Å². The maximum atomic E-state index is 12.0. The summed E-state index contributed by atoms with van der Waals surface area (Å²) in [6, 6.07) is 4.65. The van der Waals surface area contributed by atoms with Crippen molar-refractivity contribution in [2.75, 3.05) is 33.3 Å². The molecule has 52 heavy (non-hydrogen) atoms. The van der Waals surface area contributed by atoms with Gasteiger partial charge >= 0.3 is 0 Å². The van der Waals surface area contributed by atoms with E-state index in [0.717, 1.165) is 57.9 Å². The van der Waals surface area contributed by atoms with Gasteiger partial charge in [0, 0.05) is 39.2 Å². The van der Waals surface area contributed by atoms with Crippen LogP contribution in [0.2, 0.25) is 0 Å². The highest BCUT2D eigenvalue weighted by Crippen LogP contribution is 2.29. The Bertz CT molecular complexity index is 1420. The minimum Gasteiger partial charge on any atom is -0.368 e. The van der Waals surface area contributed by atoms with Gasteiger partial charge in [-0.05, 0) is 76.8 Å². The molecule has 0 bridgehead atoms. The molecule has 4 N–H and O–H groups in total. The number of aliphatic hydroxyl groups is 1. The summed E-state index contributed by atoms with van der Waals surface area (Å²) in [7, 11) is 1.25. The number of ether oxygens (including phenoxy) is 1. The van der Waals surface area contributed by atoms with Gasteiger partial charge in [0.1, 0.15) is 18.1 Å². The van der Waals surface area contributed by atoms with Crippen molar-refractivity contribution in [3.63, 3.8) is 0 Å². The predicted molar refractivity (Wildman–Crippen MR) is 182 cm³/mol. The van der Waals surface area contributed by atoms with Crippen LogP contribution in [0.5, 0.6) is 0 Å².